The lowest BCUT2D eigenvalue weighted by molar-refractivity contribution is 0.454. The van der Waals surface area contributed by atoms with Gasteiger partial charge in [0.15, 0.2) is 0 Å². The highest BCUT2D eigenvalue weighted by Gasteiger charge is 2.20. The maximum absolute atomic E-state index is 13.2. The van der Waals surface area contributed by atoms with Crippen molar-refractivity contribution in [3.63, 3.8) is 0 Å². The van der Waals surface area contributed by atoms with Crippen molar-refractivity contribution in [3.8, 4) is 11.6 Å². The van der Waals surface area contributed by atoms with Crippen LogP contribution in [0.3, 0.4) is 0 Å². The molecule has 3 nitrogen and oxygen atoms in total. The second kappa shape index (κ2) is 5.89. The van der Waals surface area contributed by atoms with Gasteiger partial charge in [0.25, 0.3) is 0 Å². The lowest BCUT2D eigenvalue weighted by atomic mass is 10.2. The van der Waals surface area contributed by atoms with E-state index in [0.29, 0.717) is 22.1 Å². The summed E-state index contributed by atoms with van der Waals surface area (Å²) >= 11 is 3.33. The van der Waals surface area contributed by atoms with Crippen molar-refractivity contribution >= 4 is 15.9 Å². The predicted octanol–water partition coefficient (Wildman–Crippen LogP) is 4.03. The Morgan fingerprint density at radius 1 is 1.30 bits per heavy atom. The summed E-state index contributed by atoms with van der Waals surface area (Å²) in [5.41, 5.74) is 1.11. The second-order valence-electron chi connectivity index (χ2n) is 4.83. The summed E-state index contributed by atoms with van der Waals surface area (Å²) in [7, 11) is 0. The van der Waals surface area contributed by atoms with E-state index in [1.54, 1.807) is 12.3 Å². The first-order chi connectivity index (χ1) is 9.70. The molecule has 0 atom stereocenters. The molecule has 5 heteroatoms. The van der Waals surface area contributed by atoms with Crippen LogP contribution in [0, 0.1) is 5.82 Å². The summed E-state index contributed by atoms with van der Waals surface area (Å²) in [6, 6.07) is 8.80. The Bertz CT molecular complexity index is 617. The molecule has 0 amide bonds. The summed E-state index contributed by atoms with van der Waals surface area (Å²) in [5.74, 6) is 0.547. The number of hydrogen-bond acceptors (Lipinski definition) is 3. The van der Waals surface area contributed by atoms with Gasteiger partial charge in [0.2, 0.25) is 5.88 Å². The number of rotatable bonds is 5. The van der Waals surface area contributed by atoms with E-state index in [4.69, 9.17) is 4.74 Å². The number of pyridine rings is 1. The van der Waals surface area contributed by atoms with Gasteiger partial charge in [0, 0.05) is 30.9 Å². The first-order valence-electron chi connectivity index (χ1n) is 6.52. The quantitative estimate of drug-likeness (QED) is 0.895. The molecule has 0 bridgehead atoms. The zero-order valence-electron chi connectivity index (χ0n) is 10.8. The van der Waals surface area contributed by atoms with Crippen molar-refractivity contribution in [2.45, 2.75) is 25.4 Å². The van der Waals surface area contributed by atoms with E-state index in [0.717, 1.165) is 12.1 Å². The van der Waals surface area contributed by atoms with E-state index >= 15 is 0 Å². The molecule has 1 fully saturated rings. The molecule has 0 saturated heterocycles. The van der Waals surface area contributed by atoms with Crippen molar-refractivity contribution in [1.82, 2.24) is 10.3 Å². The van der Waals surface area contributed by atoms with Gasteiger partial charge in [-0.1, -0.05) is 0 Å². The minimum absolute atomic E-state index is 0.338. The molecule has 1 aliphatic rings. The number of aromatic nitrogens is 1. The van der Waals surface area contributed by atoms with E-state index in [1.165, 1.54) is 25.0 Å². The highest BCUT2D eigenvalue weighted by molar-refractivity contribution is 9.10. The molecule has 1 saturated carbocycles. The summed E-state index contributed by atoms with van der Waals surface area (Å²) in [6.45, 7) is 0.799. The fraction of sp³-hybridized carbons (Fsp3) is 0.267. The second-order valence-corrected chi connectivity index (χ2v) is 5.69. The van der Waals surface area contributed by atoms with Crippen molar-refractivity contribution in [2.75, 3.05) is 0 Å². The monoisotopic (exact) mass is 336 g/mol. The van der Waals surface area contributed by atoms with Crippen LogP contribution in [0.2, 0.25) is 0 Å². The Balaban J connectivity index is 1.72. The van der Waals surface area contributed by atoms with E-state index in [-0.39, 0.29) is 5.82 Å². The van der Waals surface area contributed by atoms with Crippen LogP contribution in [-0.4, -0.2) is 11.0 Å². The normalized spacial score (nSPS) is 14.3. The van der Waals surface area contributed by atoms with Gasteiger partial charge < -0.3 is 10.1 Å². The molecular formula is C15H14BrFN2O. The summed E-state index contributed by atoms with van der Waals surface area (Å²) < 4.78 is 19.5. The van der Waals surface area contributed by atoms with Crippen molar-refractivity contribution in [1.29, 1.82) is 0 Å². The van der Waals surface area contributed by atoms with Crippen molar-refractivity contribution < 1.29 is 9.13 Å². The average molecular weight is 337 g/mol. The van der Waals surface area contributed by atoms with Gasteiger partial charge in [0.1, 0.15) is 11.6 Å². The number of benzene rings is 1. The van der Waals surface area contributed by atoms with E-state index in [1.807, 2.05) is 12.1 Å². The standard InChI is InChI=1S/C15H14BrFN2O/c16-13-4-1-11(17)8-14(13)20-15-7-10(5-6-18-15)9-19-12-2-3-12/h1,4-8,12,19H,2-3,9H2. The molecule has 1 N–H and O–H groups in total. The summed E-state index contributed by atoms with van der Waals surface area (Å²) in [6.07, 6.45) is 4.21. The Morgan fingerprint density at radius 2 is 2.15 bits per heavy atom. The zero-order valence-corrected chi connectivity index (χ0v) is 12.4. The smallest absolute Gasteiger partial charge is 0.219 e. The summed E-state index contributed by atoms with van der Waals surface area (Å²) in [4.78, 5) is 4.15. The summed E-state index contributed by atoms with van der Waals surface area (Å²) in [5, 5.41) is 3.43. The van der Waals surface area contributed by atoms with Crippen molar-refractivity contribution in [2.24, 2.45) is 0 Å². The van der Waals surface area contributed by atoms with Crippen LogP contribution in [0.4, 0.5) is 4.39 Å². The first kappa shape index (κ1) is 13.5. The number of halogens is 2. The van der Waals surface area contributed by atoms with E-state index < -0.39 is 0 Å². The fourth-order valence-electron chi connectivity index (χ4n) is 1.83. The molecule has 20 heavy (non-hydrogen) atoms. The highest BCUT2D eigenvalue weighted by atomic mass is 79.9. The highest BCUT2D eigenvalue weighted by Crippen LogP contribution is 2.29. The predicted molar refractivity (Wildman–Crippen MR) is 78.3 cm³/mol. The van der Waals surface area contributed by atoms with Crippen LogP contribution in [0.5, 0.6) is 11.6 Å². The number of nitrogens with one attached hydrogen (secondary N) is 1. The third-order valence-electron chi connectivity index (χ3n) is 3.08. The van der Waals surface area contributed by atoms with Crippen molar-refractivity contribution in [3.05, 3.63) is 52.4 Å². The molecule has 3 rings (SSSR count). The topological polar surface area (TPSA) is 34.1 Å². The molecule has 2 aromatic rings. The molecular weight excluding hydrogens is 323 g/mol. The average Bonchev–Trinajstić information content (AvgIpc) is 3.25. The fourth-order valence-corrected chi connectivity index (χ4v) is 2.16. The van der Waals surface area contributed by atoms with Crippen LogP contribution >= 0.6 is 15.9 Å². The Kier molecular flexibility index (Phi) is 3.98. The van der Waals surface area contributed by atoms with Gasteiger partial charge in [-0.25, -0.2) is 9.37 Å². The maximum atomic E-state index is 13.2. The molecule has 0 unspecified atom stereocenters. The van der Waals surface area contributed by atoms with E-state index in [9.17, 15) is 4.39 Å². The van der Waals surface area contributed by atoms with Gasteiger partial charge in [0.05, 0.1) is 4.47 Å². The van der Waals surface area contributed by atoms with Gasteiger partial charge in [-0.15, -0.1) is 0 Å². The lowest BCUT2D eigenvalue weighted by Crippen LogP contribution is -2.15. The minimum atomic E-state index is -0.338. The number of hydrogen-bond donors (Lipinski definition) is 1. The first-order valence-corrected chi connectivity index (χ1v) is 7.31. The molecule has 1 aromatic heterocycles. The Labute approximate surface area is 125 Å². The largest absolute Gasteiger partial charge is 0.438 e. The van der Waals surface area contributed by atoms with Crippen LogP contribution in [0.25, 0.3) is 0 Å². The molecule has 0 spiro atoms. The maximum Gasteiger partial charge on any atom is 0.219 e. The Hall–Kier alpha value is -1.46. The van der Waals surface area contributed by atoms with E-state index in [2.05, 4.69) is 26.2 Å². The number of nitrogens with zero attached hydrogens (tertiary/aromatic N) is 1. The number of ether oxygens (including phenoxy) is 1. The molecule has 1 aliphatic carbocycles. The van der Waals surface area contributed by atoms with Crippen LogP contribution in [0.1, 0.15) is 18.4 Å². The molecule has 0 aliphatic heterocycles. The lowest BCUT2D eigenvalue weighted by Gasteiger charge is -2.08. The third kappa shape index (κ3) is 3.55. The SMILES string of the molecule is Fc1ccc(Br)c(Oc2cc(CNC3CC3)ccn2)c1. The van der Waals surface area contributed by atoms with Crippen LogP contribution in [0.15, 0.2) is 41.0 Å². The zero-order chi connectivity index (χ0) is 13.9. The van der Waals surface area contributed by atoms with Gasteiger partial charge in [-0.3, -0.25) is 0 Å². The van der Waals surface area contributed by atoms with Gasteiger partial charge >= 0.3 is 0 Å². The van der Waals surface area contributed by atoms with Gasteiger partial charge in [-0.05, 0) is 52.5 Å². The minimum Gasteiger partial charge on any atom is -0.438 e. The molecule has 104 valence electrons. The Morgan fingerprint density at radius 3 is 2.95 bits per heavy atom. The third-order valence-corrected chi connectivity index (χ3v) is 3.73. The van der Waals surface area contributed by atoms with Gasteiger partial charge in [-0.2, -0.15) is 0 Å². The molecule has 0 radical (unpaired) electrons. The van der Waals surface area contributed by atoms with Crippen LogP contribution < -0.4 is 10.1 Å². The molecule has 1 aromatic carbocycles. The molecule has 1 heterocycles. The van der Waals surface area contributed by atoms with Crippen LogP contribution in [-0.2, 0) is 6.54 Å².